The summed E-state index contributed by atoms with van der Waals surface area (Å²) in [6, 6.07) is 9.67. The van der Waals surface area contributed by atoms with Crippen molar-refractivity contribution < 1.29 is 9.53 Å². The van der Waals surface area contributed by atoms with E-state index in [1.54, 1.807) is 29.8 Å². The average molecular weight is 434 g/mol. The summed E-state index contributed by atoms with van der Waals surface area (Å²) in [5.74, 6) is 0.448. The van der Waals surface area contributed by atoms with Crippen molar-refractivity contribution in [3.63, 3.8) is 0 Å². The van der Waals surface area contributed by atoms with Gasteiger partial charge >= 0.3 is 0 Å². The highest BCUT2D eigenvalue weighted by molar-refractivity contribution is 7.09. The molecule has 31 heavy (non-hydrogen) atoms. The first-order chi connectivity index (χ1) is 15.0. The summed E-state index contributed by atoms with van der Waals surface area (Å²) in [7, 11) is 0. The summed E-state index contributed by atoms with van der Waals surface area (Å²) in [6.07, 6.45) is 6.61. The molecule has 0 aliphatic carbocycles. The summed E-state index contributed by atoms with van der Waals surface area (Å²) in [6.45, 7) is 6.45. The molecular weight excluding hydrogens is 410 g/mol. The molecular formula is C23H23N5O2S. The fraction of sp³-hybridized carbons (Fsp3) is 0.217. The molecule has 0 unspecified atom stereocenters. The molecule has 4 rings (SSSR count). The highest BCUT2D eigenvalue weighted by Crippen LogP contribution is 2.22. The van der Waals surface area contributed by atoms with E-state index >= 15 is 0 Å². The van der Waals surface area contributed by atoms with Crippen LogP contribution < -0.4 is 10.1 Å². The molecule has 3 heterocycles. The molecule has 0 bridgehead atoms. The number of amides is 1. The molecule has 0 fully saturated rings. The first kappa shape index (κ1) is 20.7. The first-order valence-electron chi connectivity index (χ1n) is 9.95. The van der Waals surface area contributed by atoms with E-state index in [0.29, 0.717) is 18.0 Å². The number of thiazole rings is 1. The number of para-hydroxylation sites is 1. The van der Waals surface area contributed by atoms with Gasteiger partial charge in [0.2, 0.25) is 5.91 Å². The Bertz CT molecular complexity index is 1240. The molecule has 1 amide bonds. The second kappa shape index (κ2) is 9.09. The maximum Gasteiger partial charge on any atom is 0.248 e. The van der Waals surface area contributed by atoms with Crippen LogP contribution >= 0.6 is 11.3 Å². The third-order valence-corrected chi connectivity index (χ3v) is 5.39. The standard InChI is InChI=1S/C23H23N5O2S/c1-15(2)28-23-18(11-25-28)10-19(12-24-23)27-22(29)9-8-17-6-4-5-7-21(17)30-13-20-14-31-16(3)26-20/h4-12,14-15H,13H2,1-3H3,(H,27,29)/b9-8+. The third kappa shape index (κ3) is 4.97. The minimum Gasteiger partial charge on any atom is -0.487 e. The molecule has 0 radical (unpaired) electrons. The Balaban J connectivity index is 1.43. The number of rotatable bonds is 7. The number of hydrogen-bond donors (Lipinski definition) is 1. The van der Waals surface area contributed by atoms with Crippen LogP contribution in [0, 0.1) is 6.92 Å². The number of nitrogens with zero attached hydrogens (tertiary/aromatic N) is 4. The molecule has 1 N–H and O–H groups in total. The highest BCUT2D eigenvalue weighted by atomic mass is 32.1. The molecule has 0 aliphatic heterocycles. The van der Waals surface area contributed by atoms with Crippen molar-refractivity contribution in [2.75, 3.05) is 5.32 Å². The van der Waals surface area contributed by atoms with Crippen LogP contribution in [0.1, 0.15) is 36.2 Å². The van der Waals surface area contributed by atoms with Crippen LogP contribution in [-0.4, -0.2) is 25.7 Å². The number of hydrogen-bond acceptors (Lipinski definition) is 6. The fourth-order valence-electron chi connectivity index (χ4n) is 3.11. The lowest BCUT2D eigenvalue weighted by molar-refractivity contribution is -0.111. The van der Waals surface area contributed by atoms with Crippen LogP contribution in [0.3, 0.4) is 0 Å². The number of benzene rings is 1. The lowest BCUT2D eigenvalue weighted by Gasteiger charge is -2.08. The Morgan fingerprint density at radius 1 is 1.29 bits per heavy atom. The lowest BCUT2D eigenvalue weighted by atomic mass is 10.2. The Labute approximate surface area is 184 Å². The summed E-state index contributed by atoms with van der Waals surface area (Å²) < 4.78 is 7.75. The Hall–Kier alpha value is -3.52. The fourth-order valence-corrected chi connectivity index (χ4v) is 3.71. The van der Waals surface area contributed by atoms with Crippen LogP contribution in [0.15, 0.2) is 54.2 Å². The van der Waals surface area contributed by atoms with Gasteiger partial charge in [-0.05, 0) is 39.0 Å². The van der Waals surface area contributed by atoms with E-state index in [-0.39, 0.29) is 11.9 Å². The third-order valence-electron chi connectivity index (χ3n) is 4.57. The van der Waals surface area contributed by atoms with Crippen molar-refractivity contribution in [3.05, 3.63) is 70.4 Å². The van der Waals surface area contributed by atoms with Crippen molar-refractivity contribution in [2.45, 2.75) is 33.4 Å². The van der Waals surface area contributed by atoms with E-state index in [1.807, 2.05) is 61.2 Å². The molecule has 8 heteroatoms. The first-order valence-corrected chi connectivity index (χ1v) is 10.8. The van der Waals surface area contributed by atoms with Gasteiger partial charge in [-0.25, -0.2) is 14.6 Å². The second-order valence-corrected chi connectivity index (χ2v) is 8.39. The van der Waals surface area contributed by atoms with Gasteiger partial charge in [0.15, 0.2) is 5.65 Å². The zero-order valence-electron chi connectivity index (χ0n) is 17.6. The smallest absolute Gasteiger partial charge is 0.248 e. The quantitative estimate of drug-likeness (QED) is 0.414. The lowest BCUT2D eigenvalue weighted by Crippen LogP contribution is -2.08. The highest BCUT2D eigenvalue weighted by Gasteiger charge is 2.09. The normalized spacial score (nSPS) is 11.5. The number of ether oxygens (including phenoxy) is 1. The zero-order valence-corrected chi connectivity index (χ0v) is 18.4. The van der Waals surface area contributed by atoms with Crippen LogP contribution in [0.25, 0.3) is 17.1 Å². The van der Waals surface area contributed by atoms with Crippen LogP contribution in [0.2, 0.25) is 0 Å². The number of aromatic nitrogens is 4. The second-order valence-electron chi connectivity index (χ2n) is 7.33. The van der Waals surface area contributed by atoms with Crippen molar-refractivity contribution in [3.8, 4) is 5.75 Å². The molecule has 0 atom stereocenters. The maximum absolute atomic E-state index is 12.4. The summed E-state index contributed by atoms with van der Waals surface area (Å²) in [5.41, 5.74) is 3.12. The van der Waals surface area contributed by atoms with Gasteiger partial charge in [-0.15, -0.1) is 11.3 Å². The van der Waals surface area contributed by atoms with Gasteiger partial charge in [0.25, 0.3) is 0 Å². The molecule has 0 saturated heterocycles. The predicted octanol–water partition coefficient (Wildman–Crippen LogP) is 5.01. The number of anilines is 1. The Kier molecular flexibility index (Phi) is 6.08. The van der Waals surface area contributed by atoms with Crippen molar-refractivity contribution in [2.24, 2.45) is 0 Å². The van der Waals surface area contributed by atoms with Crippen molar-refractivity contribution in [1.82, 2.24) is 19.7 Å². The van der Waals surface area contributed by atoms with Crippen LogP contribution in [0.4, 0.5) is 5.69 Å². The molecule has 1 aromatic carbocycles. The van der Waals surface area contributed by atoms with E-state index in [2.05, 4.69) is 20.4 Å². The monoisotopic (exact) mass is 433 g/mol. The van der Waals surface area contributed by atoms with E-state index in [4.69, 9.17) is 4.74 Å². The topological polar surface area (TPSA) is 81.9 Å². The minimum atomic E-state index is -0.248. The van der Waals surface area contributed by atoms with Gasteiger partial charge in [0.05, 0.1) is 28.8 Å². The van der Waals surface area contributed by atoms with Gasteiger partial charge in [0, 0.05) is 28.4 Å². The molecule has 0 aliphatic rings. The number of fused-ring (bicyclic) bond motifs is 1. The van der Waals surface area contributed by atoms with Crippen molar-refractivity contribution in [1.29, 1.82) is 0 Å². The van der Waals surface area contributed by atoms with E-state index in [0.717, 1.165) is 27.3 Å². The van der Waals surface area contributed by atoms with Gasteiger partial charge < -0.3 is 10.1 Å². The summed E-state index contributed by atoms with van der Waals surface area (Å²) in [5, 5.41) is 11.1. The van der Waals surface area contributed by atoms with E-state index in [9.17, 15) is 4.79 Å². The van der Waals surface area contributed by atoms with E-state index in [1.165, 1.54) is 6.08 Å². The number of aryl methyl sites for hydroxylation is 1. The molecule has 0 saturated carbocycles. The van der Waals surface area contributed by atoms with Crippen molar-refractivity contribution >= 4 is 40.0 Å². The number of nitrogens with one attached hydrogen (secondary N) is 1. The summed E-state index contributed by atoms with van der Waals surface area (Å²) in [4.78, 5) is 21.3. The van der Waals surface area contributed by atoms with Gasteiger partial charge in [0.1, 0.15) is 12.4 Å². The van der Waals surface area contributed by atoms with E-state index < -0.39 is 0 Å². The molecule has 4 aromatic rings. The Morgan fingerprint density at radius 3 is 2.90 bits per heavy atom. The van der Waals surface area contributed by atoms with Crippen LogP contribution in [-0.2, 0) is 11.4 Å². The van der Waals surface area contributed by atoms with Crippen LogP contribution in [0.5, 0.6) is 5.75 Å². The van der Waals surface area contributed by atoms with Gasteiger partial charge in [-0.3, -0.25) is 4.79 Å². The summed E-state index contributed by atoms with van der Waals surface area (Å²) >= 11 is 1.59. The maximum atomic E-state index is 12.4. The Morgan fingerprint density at radius 2 is 2.13 bits per heavy atom. The average Bonchev–Trinajstić information content (AvgIpc) is 3.37. The molecule has 0 spiro atoms. The van der Waals surface area contributed by atoms with Gasteiger partial charge in [-0.1, -0.05) is 18.2 Å². The number of carbonyl (C=O) groups is 1. The minimum absolute atomic E-state index is 0.218. The molecule has 7 nitrogen and oxygen atoms in total. The zero-order chi connectivity index (χ0) is 21.8. The SMILES string of the molecule is Cc1nc(COc2ccccc2/C=C/C(=O)Nc2cnc3c(cnn3C(C)C)c2)cs1. The van der Waals surface area contributed by atoms with Gasteiger partial charge in [-0.2, -0.15) is 5.10 Å². The predicted molar refractivity (Wildman–Crippen MR) is 123 cm³/mol. The number of carbonyl (C=O) groups excluding carboxylic acids is 1. The molecule has 158 valence electrons. The number of pyridine rings is 1. The molecule has 3 aromatic heterocycles. The largest absolute Gasteiger partial charge is 0.487 e.